The molecule has 3 nitrogen and oxygen atoms in total. The van der Waals surface area contributed by atoms with Crippen LogP contribution in [0.2, 0.25) is 0 Å². The minimum Gasteiger partial charge on any atom is -0.493 e. The van der Waals surface area contributed by atoms with Gasteiger partial charge in [0.25, 0.3) is 0 Å². The van der Waals surface area contributed by atoms with Crippen LogP contribution in [-0.2, 0) is 6.42 Å². The van der Waals surface area contributed by atoms with Crippen molar-refractivity contribution < 1.29 is 9.47 Å². The van der Waals surface area contributed by atoms with Crippen LogP contribution < -0.4 is 14.8 Å². The van der Waals surface area contributed by atoms with E-state index in [1.165, 1.54) is 22.3 Å². The minimum absolute atomic E-state index is 0.216. The Morgan fingerprint density at radius 1 is 1.18 bits per heavy atom. The van der Waals surface area contributed by atoms with Gasteiger partial charge in [0, 0.05) is 6.54 Å². The Bertz CT molecular complexity index is 666. The molecule has 0 spiro atoms. The van der Waals surface area contributed by atoms with E-state index in [4.69, 9.17) is 9.47 Å². The van der Waals surface area contributed by atoms with E-state index in [0.29, 0.717) is 6.61 Å². The molecule has 3 rings (SSSR count). The summed E-state index contributed by atoms with van der Waals surface area (Å²) in [6.07, 6.45) is 1.01. The van der Waals surface area contributed by atoms with E-state index in [1.54, 1.807) is 7.11 Å². The third-order valence-electron chi connectivity index (χ3n) is 4.15. The summed E-state index contributed by atoms with van der Waals surface area (Å²) in [6.45, 7) is 5.74. The van der Waals surface area contributed by atoms with Crippen molar-refractivity contribution in [1.29, 1.82) is 0 Å². The lowest BCUT2D eigenvalue weighted by atomic mass is 9.89. The van der Waals surface area contributed by atoms with Crippen LogP contribution in [0.4, 0.5) is 0 Å². The molecule has 2 aromatic carbocycles. The molecule has 1 unspecified atom stereocenters. The van der Waals surface area contributed by atoms with Gasteiger partial charge in [-0.1, -0.05) is 29.8 Å². The van der Waals surface area contributed by atoms with Crippen molar-refractivity contribution in [2.24, 2.45) is 0 Å². The summed E-state index contributed by atoms with van der Waals surface area (Å²) in [5.41, 5.74) is 5.21. The van der Waals surface area contributed by atoms with Gasteiger partial charge in [0.1, 0.15) is 0 Å². The van der Waals surface area contributed by atoms with Crippen LogP contribution in [0.25, 0.3) is 0 Å². The molecule has 0 saturated heterocycles. The zero-order valence-corrected chi connectivity index (χ0v) is 13.5. The molecule has 1 N–H and O–H groups in total. The smallest absolute Gasteiger partial charge is 0.161 e. The molecule has 1 atom stereocenters. The van der Waals surface area contributed by atoms with E-state index in [0.717, 1.165) is 24.5 Å². The van der Waals surface area contributed by atoms with Gasteiger partial charge in [-0.05, 0) is 49.1 Å². The highest BCUT2D eigenvalue weighted by Gasteiger charge is 2.24. The molecule has 0 amide bonds. The Morgan fingerprint density at radius 3 is 2.77 bits per heavy atom. The second-order valence-electron chi connectivity index (χ2n) is 5.69. The van der Waals surface area contributed by atoms with E-state index in [-0.39, 0.29) is 6.04 Å². The van der Waals surface area contributed by atoms with Crippen molar-refractivity contribution in [1.82, 2.24) is 5.32 Å². The van der Waals surface area contributed by atoms with E-state index < -0.39 is 0 Å². The molecule has 1 aliphatic heterocycles. The summed E-state index contributed by atoms with van der Waals surface area (Å²) in [6, 6.07) is 13.2. The van der Waals surface area contributed by atoms with Gasteiger partial charge in [-0.3, -0.25) is 0 Å². The monoisotopic (exact) mass is 297 g/mol. The van der Waals surface area contributed by atoms with Gasteiger partial charge >= 0.3 is 0 Å². The first-order valence-electron chi connectivity index (χ1n) is 7.86. The van der Waals surface area contributed by atoms with Crippen LogP contribution in [0.1, 0.15) is 35.2 Å². The number of ether oxygens (including phenoxy) is 2. The largest absolute Gasteiger partial charge is 0.493 e. The highest BCUT2D eigenvalue weighted by atomic mass is 16.5. The highest BCUT2D eigenvalue weighted by molar-refractivity contribution is 5.51. The number of hydrogen-bond acceptors (Lipinski definition) is 3. The molecule has 116 valence electrons. The number of fused-ring (bicyclic) bond motifs is 1. The molecule has 2 aromatic rings. The van der Waals surface area contributed by atoms with Gasteiger partial charge in [-0.25, -0.2) is 0 Å². The molecule has 0 aliphatic carbocycles. The van der Waals surface area contributed by atoms with Gasteiger partial charge in [0.05, 0.1) is 19.8 Å². The standard InChI is InChI=1S/C19H23NO2/c1-4-22-18-12-16-14(11-17(18)21-3)8-9-20-19(16)15-7-5-6-13(2)10-15/h5-7,10-12,19-20H,4,8-9H2,1-3H3. The third kappa shape index (κ3) is 2.81. The molecule has 0 radical (unpaired) electrons. The van der Waals surface area contributed by atoms with Crippen LogP contribution in [0.15, 0.2) is 36.4 Å². The van der Waals surface area contributed by atoms with Gasteiger partial charge in [-0.15, -0.1) is 0 Å². The van der Waals surface area contributed by atoms with Crippen LogP contribution in [0, 0.1) is 6.92 Å². The quantitative estimate of drug-likeness (QED) is 0.934. The summed E-state index contributed by atoms with van der Waals surface area (Å²) in [7, 11) is 1.70. The number of hydrogen-bond donors (Lipinski definition) is 1. The van der Waals surface area contributed by atoms with Crippen molar-refractivity contribution in [3.05, 3.63) is 58.7 Å². The number of nitrogens with one attached hydrogen (secondary N) is 1. The van der Waals surface area contributed by atoms with E-state index in [1.807, 2.05) is 6.92 Å². The highest BCUT2D eigenvalue weighted by Crippen LogP contribution is 2.37. The normalized spacial score (nSPS) is 17.0. The van der Waals surface area contributed by atoms with Crippen LogP contribution in [-0.4, -0.2) is 20.3 Å². The van der Waals surface area contributed by atoms with Gasteiger partial charge < -0.3 is 14.8 Å². The summed E-state index contributed by atoms with van der Waals surface area (Å²) >= 11 is 0. The summed E-state index contributed by atoms with van der Waals surface area (Å²) in [5, 5.41) is 3.63. The number of benzene rings is 2. The fraction of sp³-hybridized carbons (Fsp3) is 0.368. The van der Waals surface area contributed by atoms with Crippen molar-refractivity contribution in [3.8, 4) is 11.5 Å². The Balaban J connectivity index is 2.06. The van der Waals surface area contributed by atoms with Crippen LogP contribution >= 0.6 is 0 Å². The predicted molar refractivity (Wildman–Crippen MR) is 88.9 cm³/mol. The SMILES string of the molecule is CCOc1cc2c(cc1OC)CCNC2c1cccc(C)c1. The number of methoxy groups -OCH3 is 1. The second-order valence-corrected chi connectivity index (χ2v) is 5.69. The average molecular weight is 297 g/mol. The van der Waals surface area contributed by atoms with Crippen molar-refractivity contribution in [2.45, 2.75) is 26.3 Å². The maximum absolute atomic E-state index is 5.75. The van der Waals surface area contributed by atoms with E-state index in [2.05, 4.69) is 48.6 Å². The molecule has 22 heavy (non-hydrogen) atoms. The van der Waals surface area contributed by atoms with Gasteiger partial charge in [-0.2, -0.15) is 0 Å². The molecule has 1 aliphatic rings. The molecule has 0 fully saturated rings. The Labute approximate surface area is 132 Å². The summed E-state index contributed by atoms with van der Waals surface area (Å²) in [4.78, 5) is 0. The average Bonchev–Trinajstić information content (AvgIpc) is 2.54. The Hall–Kier alpha value is -2.00. The summed E-state index contributed by atoms with van der Waals surface area (Å²) in [5.74, 6) is 1.65. The Morgan fingerprint density at radius 2 is 2.05 bits per heavy atom. The zero-order valence-electron chi connectivity index (χ0n) is 13.5. The fourth-order valence-corrected chi connectivity index (χ4v) is 3.14. The molecule has 3 heteroatoms. The minimum atomic E-state index is 0.216. The molecular formula is C19H23NO2. The second kappa shape index (κ2) is 6.41. The first-order chi connectivity index (χ1) is 10.7. The predicted octanol–water partition coefficient (Wildman–Crippen LogP) is 3.64. The lowest BCUT2D eigenvalue weighted by molar-refractivity contribution is 0.309. The Kier molecular flexibility index (Phi) is 4.34. The molecule has 0 bridgehead atoms. The van der Waals surface area contributed by atoms with Crippen LogP contribution in [0.5, 0.6) is 11.5 Å². The number of rotatable bonds is 4. The molecule has 1 heterocycles. The first-order valence-corrected chi connectivity index (χ1v) is 7.86. The fourth-order valence-electron chi connectivity index (χ4n) is 3.14. The van der Waals surface area contributed by atoms with Gasteiger partial charge in [0.2, 0.25) is 0 Å². The zero-order chi connectivity index (χ0) is 15.5. The first kappa shape index (κ1) is 14.9. The maximum Gasteiger partial charge on any atom is 0.161 e. The topological polar surface area (TPSA) is 30.5 Å². The van der Waals surface area contributed by atoms with Crippen LogP contribution in [0.3, 0.4) is 0 Å². The maximum atomic E-state index is 5.75. The lowest BCUT2D eigenvalue weighted by Crippen LogP contribution is -2.30. The molecule has 0 aromatic heterocycles. The van der Waals surface area contributed by atoms with Crippen molar-refractivity contribution in [2.75, 3.05) is 20.3 Å². The van der Waals surface area contributed by atoms with Gasteiger partial charge in [0.15, 0.2) is 11.5 Å². The number of aryl methyl sites for hydroxylation is 1. The van der Waals surface area contributed by atoms with Crippen molar-refractivity contribution in [3.63, 3.8) is 0 Å². The molecule has 0 saturated carbocycles. The van der Waals surface area contributed by atoms with E-state index >= 15 is 0 Å². The molecular weight excluding hydrogens is 274 g/mol. The third-order valence-corrected chi connectivity index (χ3v) is 4.15. The van der Waals surface area contributed by atoms with E-state index in [9.17, 15) is 0 Å². The summed E-state index contributed by atoms with van der Waals surface area (Å²) < 4.78 is 11.2. The van der Waals surface area contributed by atoms with Crippen molar-refractivity contribution >= 4 is 0 Å². The lowest BCUT2D eigenvalue weighted by Gasteiger charge is -2.29.